The molecular weight excluding hydrogens is 216 g/mol. The van der Waals surface area contributed by atoms with Gasteiger partial charge in [-0.05, 0) is 13.8 Å². The first-order valence-corrected chi connectivity index (χ1v) is 4.89. The Morgan fingerprint density at radius 1 is 1.53 bits per heavy atom. The number of methoxy groups -OCH3 is 1. The van der Waals surface area contributed by atoms with Crippen LogP contribution in [0.15, 0.2) is 6.33 Å². The average Bonchev–Trinajstić information content (AvgIpc) is 2.20. The van der Waals surface area contributed by atoms with E-state index in [4.69, 9.17) is 22.1 Å². The van der Waals surface area contributed by atoms with E-state index >= 15 is 0 Å². The van der Waals surface area contributed by atoms with Crippen LogP contribution in [0.25, 0.3) is 0 Å². The van der Waals surface area contributed by atoms with Gasteiger partial charge in [-0.15, -0.1) is 0 Å². The van der Waals surface area contributed by atoms with E-state index in [1.54, 1.807) is 7.11 Å². The van der Waals surface area contributed by atoms with Gasteiger partial charge in [0.05, 0.1) is 5.60 Å². The molecule has 0 radical (unpaired) electrons. The van der Waals surface area contributed by atoms with Crippen LogP contribution < -0.4 is 11.1 Å². The van der Waals surface area contributed by atoms with Crippen molar-refractivity contribution in [2.75, 3.05) is 24.7 Å². The monoisotopic (exact) mass is 230 g/mol. The highest BCUT2D eigenvalue weighted by Gasteiger charge is 2.17. The summed E-state index contributed by atoms with van der Waals surface area (Å²) in [5, 5.41) is 3.31. The van der Waals surface area contributed by atoms with Crippen molar-refractivity contribution in [1.29, 1.82) is 0 Å². The number of nitrogens with one attached hydrogen (secondary N) is 1. The molecule has 84 valence electrons. The molecule has 1 aromatic rings. The molecule has 15 heavy (non-hydrogen) atoms. The van der Waals surface area contributed by atoms with Gasteiger partial charge in [0, 0.05) is 13.7 Å². The van der Waals surface area contributed by atoms with E-state index in [9.17, 15) is 0 Å². The molecule has 1 heterocycles. The molecular formula is C9H15ClN4O. The maximum atomic E-state index is 5.75. The Labute approximate surface area is 94.0 Å². The van der Waals surface area contributed by atoms with E-state index in [0.29, 0.717) is 18.1 Å². The second-order valence-corrected chi connectivity index (χ2v) is 4.10. The fourth-order valence-corrected chi connectivity index (χ4v) is 1.02. The van der Waals surface area contributed by atoms with Crippen molar-refractivity contribution in [3.05, 3.63) is 11.5 Å². The third kappa shape index (κ3) is 3.21. The second kappa shape index (κ2) is 4.63. The third-order valence-corrected chi connectivity index (χ3v) is 2.37. The largest absolute Gasteiger partial charge is 0.393 e. The molecule has 0 spiro atoms. The summed E-state index contributed by atoms with van der Waals surface area (Å²) in [5.41, 5.74) is 5.76. The van der Waals surface area contributed by atoms with Gasteiger partial charge in [-0.3, -0.25) is 0 Å². The molecule has 3 N–H and O–H groups in total. The van der Waals surface area contributed by atoms with Gasteiger partial charge in [0.15, 0.2) is 11.0 Å². The number of rotatable bonds is 4. The van der Waals surface area contributed by atoms with Crippen molar-refractivity contribution < 1.29 is 4.74 Å². The van der Waals surface area contributed by atoms with Gasteiger partial charge in [0.25, 0.3) is 0 Å². The first-order valence-electron chi connectivity index (χ1n) is 4.51. The van der Waals surface area contributed by atoms with Gasteiger partial charge in [0.1, 0.15) is 12.0 Å². The van der Waals surface area contributed by atoms with Gasteiger partial charge in [-0.2, -0.15) is 0 Å². The smallest absolute Gasteiger partial charge is 0.157 e. The van der Waals surface area contributed by atoms with Crippen molar-refractivity contribution in [3.8, 4) is 0 Å². The second-order valence-electron chi connectivity index (χ2n) is 3.74. The highest BCUT2D eigenvalue weighted by molar-refractivity contribution is 6.32. The van der Waals surface area contributed by atoms with Crippen molar-refractivity contribution >= 4 is 23.1 Å². The van der Waals surface area contributed by atoms with E-state index in [2.05, 4.69) is 15.3 Å². The van der Waals surface area contributed by atoms with Gasteiger partial charge in [-0.25, -0.2) is 9.97 Å². The number of hydrogen-bond acceptors (Lipinski definition) is 5. The molecule has 0 bridgehead atoms. The van der Waals surface area contributed by atoms with E-state index in [1.165, 1.54) is 6.33 Å². The molecule has 0 fully saturated rings. The lowest BCUT2D eigenvalue weighted by Gasteiger charge is -2.23. The Morgan fingerprint density at radius 3 is 2.80 bits per heavy atom. The topological polar surface area (TPSA) is 73.1 Å². The standard InChI is InChI=1S/C9H15ClN4O/c1-9(2,15-3)4-12-8-6(11)7(10)13-5-14-8/h5H,4,11H2,1-3H3,(H,12,13,14). The fraction of sp³-hybridized carbons (Fsp3) is 0.556. The zero-order valence-corrected chi connectivity index (χ0v) is 9.80. The minimum absolute atomic E-state index is 0.253. The molecule has 0 aromatic carbocycles. The van der Waals surface area contributed by atoms with Crippen LogP contribution >= 0.6 is 11.6 Å². The van der Waals surface area contributed by atoms with Crippen molar-refractivity contribution in [2.45, 2.75) is 19.4 Å². The summed E-state index contributed by atoms with van der Waals surface area (Å²) < 4.78 is 5.25. The van der Waals surface area contributed by atoms with Gasteiger partial charge in [-0.1, -0.05) is 11.6 Å². The van der Waals surface area contributed by atoms with E-state index in [0.717, 1.165) is 0 Å². The third-order valence-electron chi connectivity index (χ3n) is 2.07. The number of nitrogens with zero attached hydrogens (tertiary/aromatic N) is 2. The Bertz CT molecular complexity index is 343. The molecule has 0 atom stereocenters. The number of nitrogen functional groups attached to an aromatic ring is 1. The Hall–Kier alpha value is -1.07. The van der Waals surface area contributed by atoms with Gasteiger partial charge < -0.3 is 15.8 Å². The summed E-state index contributed by atoms with van der Waals surface area (Å²) in [5.74, 6) is 0.528. The van der Waals surface area contributed by atoms with Crippen molar-refractivity contribution in [1.82, 2.24) is 9.97 Å². The van der Waals surface area contributed by atoms with Crippen LogP contribution in [0.1, 0.15) is 13.8 Å². The minimum Gasteiger partial charge on any atom is -0.393 e. The van der Waals surface area contributed by atoms with Crippen LogP contribution in [0.2, 0.25) is 5.15 Å². The Kier molecular flexibility index (Phi) is 3.71. The van der Waals surface area contributed by atoms with Crippen LogP contribution in [0, 0.1) is 0 Å². The van der Waals surface area contributed by atoms with Crippen molar-refractivity contribution in [3.63, 3.8) is 0 Å². The minimum atomic E-state index is -0.288. The fourth-order valence-electron chi connectivity index (χ4n) is 0.884. The summed E-state index contributed by atoms with van der Waals surface area (Å²) in [6.45, 7) is 4.50. The molecule has 6 heteroatoms. The van der Waals surface area contributed by atoms with E-state index in [1.807, 2.05) is 13.8 Å². The number of halogens is 1. The number of nitrogens with two attached hydrogens (primary N) is 1. The highest BCUT2D eigenvalue weighted by atomic mass is 35.5. The predicted octanol–water partition coefficient (Wildman–Crippen LogP) is 1.55. The van der Waals surface area contributed by atoms with Gasteiger partial charge >= 0.3 is 0 Å². The molecule has 1 aromatic heterocycles. The zero-order valence-electron chi connectivity index (χ0n) is 9.04. The molecule has 0 aliphatic rings. The van der Waals surface area contributed by atoms with Crippen LogP contribution in [0.4, 0.5) is 11.5 Å². The number of anilines is 2. The van der Waals surface area contributed by atoms with Crippen molar-refractivity contribution in [2.24, 2.45) is 0 Å². The maximum Gasteiger partial charge on any atom is 0.157 e. The first-order chi connectivity index (χ1) is 6.96. The molecule has 0 aliphatic heterocycles. The maximum absolute atomic E-state index is 5.75. The average molecular weight is 231 g/mol. The number of hydrogen-bond donors (Lipinski definition) is 2. The lowest BCUT2D eigenvalue weighted by molar-refractivity contribution is 0.0343. The quantitative estimate of drug-likeness (QED) is 0.768. The molecule has 0 aliphatic carbocycles. The summed E-state index contributed by atoms with van der Waals surface area (Å²) in [4.78, 5) is 7.75. The summed E-state index contributed by atoms with van der Waals surface area (Å²) in [6, 6.07) is 0. The summed E-state index contributed by atoms with van der Waals surface area (Å²) >= 11 is 5.75. The normalized spacial score (nSPS) is 11.5. The van der Waals surface area contributed by atoms with Gasteiger partial charge in [0.2, 0.25) is 0 Å². The van der Waals surface area contributed by atoms with Crippen LogP contribution in [0.3, 0.4) is 0 Å². The molecule has 0 unspecified atom stereocenters. The molecule has 0 amide bonds. The number of aromatic nitrogens is 2. The number of ether oxygens (including phenoxy) is 1. The molecule has 1 rings (SSSR count). The summed E-state index contributed by atoms with van der Waals surface area (Å²) in [7, 11) is 1.65. The molecule has 5 nitrogen and oxygen atoms in total. The Morgan fingerprint density at radius 2 is 2.20 bits per heavy atom. The molecule has 0 saturated heterocycles. The van der Waals surface area contributed by atoms with Crippen LogP contribution in [0.5, 0.6) is 0 Å². The van der Waals surface area contributed by atoms with E-state index < -0.39 is 0 Å². The lowest BCUT2D eigenvalue weighted by atomic mass is 10.1. The first kappa shape index (κ1) is 12.0. The zero-order chi connectivity index (χ0) is 11.5. The van der Waals surface area contributed by atoms with Crippen LogP contribution in [-0.4, -0.2) is 29.2 Å². The molecule has 0 saturated carbocycles. The van der Waals surface area contributed by atoms with Crippen LogP contribution in [-0.2, 0) is 4.74 Å². The van der Waals surface area contributed by atoms with E-state index in [-0.39, 0.29) is 10.8 Å². The SMILES string of the molecule is COC(C)(C)CNc1ncnc(Cl)c1N. The predicted molar refractivity (Wildman–Crippen MR) is 61.0 cm³/mol. The summed E-state index contributed by atoms with van der Waals surface area (Å²) in [6.07, 6.45) is 1.36. The lowest BCUT2D eigenvalue weighted by Crippen LogP contribution is -2.32. The Balaban J connectivity index is 2.70. The highest BCUT2D eigenvalue weighted by Crippen LogP contribution is 2.22.